The van der Waals surface area contributed by atoms with Gasteiger partial charge in [-0.15, -0.1) is 0 Å². The van der Waals surface area contributed by atoms with Crippen LogP contribution in [-0.2, 0) is 43.5 Å². The van der Waals surface area contributed by atoms with Crippen molar-refractivity contribution in [2.75, 3.05) is 19.6 Å². The lowest BCUT2D eigenvalue weighted by Gasteiger charge is -2.27. The Morgan fingerprint density at radius 2 is 1.30 bits per heavy atom. The van der Waals surface area contributed by atoms with Crippen LogP contribution in [-0.4, -0.2) is 72.4 Å². The summed E-state index contributed by atoms with van der Waals surface area (Å²) in [5.74, 6) is -1.47. The number of guanidine groups is 2. The molecular weight excluding hydrogens is 719 g/mol. The molecular formula is C43H69N11O3. The van der Waals surface area contributed by atoms with E-state index in [2.05, 4.69) is 105 Å². The van der Waals surface area contributed by atoms with E-state index in [1.165, 1.54) is 0 Å². The van der Waals surface area contributed by atoms with Crippen molar-refractivity contribution in [3.8, 4) is 0 Å². The Bertz CT molecular complexity index is 1870. The summed E-state index contributed by atoms with van der Waals surface area (Å²) in [5, 5.41) is 9.91. The van der Waals surface area contributed by atoms with Gasteiger partial charge in [-0.2, -0.15) is 0 Å². The number of aromatic nitrogens is 1. The second-order valence-corrected chi connectivity index (χ2v) is 18.0. The van der Waals surface area contributed by atoms with Gasteiger partial charge < -0.3 is 49.6 Å². The molecule has 0 aliphatic heterocycles. The summed E-state index contributed by atoms with van der Waals surface area (Å²) in [7, 11) is 0. The fraction of sp³-hybridized carbons (Fsp3) is 0.558. The van der Waals surface area contributed by atoms with Crippen molar-refractivity contribution >= 4 is 40.5 Å². The van der Waals surface area contributed by atoms with Crippen LogP contribution in [0.4, 0.5) is 0 Å². The molecule has 0 saturated heterocycles. The molecule has 3 amide bonds. The molecule has 3 aromatic rings. The van der Waals surface area contributed by atoms with Crippen molar-refractivity contribution in [1.29, 1.82) is 0 Å². The van der Waals surface area contributed by atoms with Gasteiger partial charge in [-0.05, 0) is 71.3 Å². The molecule has 1 aromatic heterocycles. The fourth-order valence-electron chi connectivity index (χ4n) is 6.71. The number of aliphatic imine (C=N–C) groups is 2. The average Bonchev–Trinajstić information content (AvgIpc) is 3.48. The Hall–Kier alpha value is -5.11. The second kappa shape index (κ2) is 19.8. The fourth-order valence-corrected chi connectivity index (χ4v) is 6.71. The number of carbonyl (C=O) groups excluding carboxylic acids is 3. The first kappa shape index (κ1) is 46.3. The monoisotopic (exact) mass is 788 g/mol. The molecule has 57 heavy (non-hydrogen) atoms. The highest BCUT2D eigenvalue weighted by atomic mass is 16.2. The molecule has 0 saturated carbocycles. The summed E-state index contributed by atoms with van der Waals surface area (Å²) < 4.78 is 0. The second-order valence-electron chi connectivity index (χ2n) is 18.0. The number of fused-ring (bicyclic) bond motifs is 1. The van der Waals surface area contributed by atoms with Crippen LogP contribution in [0.3, 0.4) is 0 Å². The number of hydrogen-bond acceptors (Lipinski definition) is 6. The molecule has 3 unspecified atom stereocenters. The number of nitrogens with one attached hydrogen (secondary N) is 4. The minimum absolute atomic E-state index is 0.0423. The summed E-state index contributed by atoms with van der Waals surface area (Å²) in [6.07, 6.45) is 2.19. The van der Waals surface area contributed by atoms with E-state index in [-0.39, 0.29) is 53.5 Å². The summed E-state index contributed by atoms with van der Waals surface area (Å²) >= 11 is 0. The van der Waals surface area contributed by atoms with Crippen molar-refractivity contribution in [2.45, 2.75) is 135 Å². The lowest BCUT2D eigenvalue weighted by Crippen LogP contribution is -2.56. The normalized spacial score (nSPS) is 13.6. The van der Waals surface area contributed by atoms with Crippen LogP contribution in [0, 0.1) is 0 Å². The number of amides is 3. The molecule has 1 heterocycles. The minimum atomic E-state index is -1.09. The van der Waals surface area contributed by atoms with Crippen LogP contribution >= 0.6 is 0 Å². The maximum absolute atomic E-state index is 14.6. The highest BCUT2D eigenvalue weighted by Gasteiger charge is 2.34. The highest BCUT2D eigenvalue weighted by Crippen LogP contribution is 2.40. The van der Waals surface area contributed by atoms with E-state index in [0.29, 0.717) is 38.8 Å². The number of rotatable bonds is 18. The van der Waals surface area contributed by atoms with Crippen LogP contribution in [0.2, 0.25) is 0 Å². The number of hydrogen-bond donors (Lipinski definition) is 9. The van der Waals surface area contributed by atoms with E-state index in [1.54, 1.807) is 0 Å². The average molecular weight is 788 g/mol. The number of nitrogens with two attached hydrogens (primary N) is 5. The van der Waals surface area contributed by atoms with Crippen molar-refractivity contribution in [2.24, 2.45) is 38.7 Å². The highest BCUT2D eigenvalue weighted by molar-refractivity contribution is 5.95. The molecule has 314 valence electrons. The van der Waals surface area contributed by atoms with Crippen LogP contribution in [0.15, 0.2) is 52.4 Å². The van der Waals surface area contributed by atoms with Crippen molar-refractivity contribution in [1.82, 2.24) is 20.9 Å². The van der Waals surface area contributed by atoms with Gasteiger partial charge in [0.2, 0.25) is 17.7 Å². The van der Waals surface area contributed by atoms with Crippen LogP contribution in [0.25, 0.3) is 10.9 Å². The van der Waals surface area contributed by atoms with Gasteiger partial charge in [0.1, 0.15) is 12.1 Å². The molecule has 2 aromatic carbocycles. The minimum Gasteiger partial charge on any atom is -0.370 e. The molecule has 0 aliphatic rings. The van der Waals surface area contributed by atoms with E-state index < -0.39 is 29.9 Å². The lowest BCUT2D eigenvalue weighted by atomic mass is 9.78. The molecule has 3 rings (SSSR count). The lowest BCUT2D eigenvalue weighted by molar-refractivity contribution is -0.132. The van der Waals surface area contributed by atoms with E-state index in [0.717, 1.165) is 38.9 Å². The van der Waals surface area contributed by atoms with E-state index >= 15 is 0 Å². The van der Waals surface area contributed by atoms with Gasteiger partial charge >= 0.3 is 0 Å². The first-order valence-corrected chi connectivity index (χ1v) is 20.0. The first-order chi connectivity index (χ1) is 26.5. The van der Waals surface area contributed by atoms with Gasteiger partial charge in [0.05, 0.1) is 6.04 Å². The van der Waals surface area contributed by atoms with Crippen LogP contribution in [0.1, 0.15) is 116 Å². The molecule has 0 spiro atoms. The quantitative estimate of drug-likeness (QED) is 0.0523. The topological polar surface area (TPSA) is 258 Å². The maximum atomic E-state index is 14.6. The number of aromatic amines is 1. The first-order valence-electron chi connectivity index (χ1n) is 20.0. The SMILES string of the molecule is CC(C)(C)c1cc(C(C)(C)C)c2[nH]c(C(C)(C)C)c(CC(NC(=O)C(N)CCCN=C(N)N)C(=O)NC(CCCN=C(N)N)C(=O)NCCc3ccccc3)c2c1. The predicted octanol–water partition coefficient (Wildman–Crippen LogP) is 3.37. The number of H-pyrrole nitrogens is 1. The summed E-state index contributed by atoms with van der Waals surface area (Å²) in [6.45, 7) is 20.4. The van der Waals surface area contributed by atoms with Gasteiger partial charge in [-0.3, -0.25) is 24.4 Å². The van der Waals surface area contributed by atoms with Crippen molar-refractivity contribution in [3.05, 3.63) is 70.4 Å². The summed E-state index contributed by atoms with van der Waals surface area (Å²) in [5.41, 5.74) is 33.9. The van der Waals surface area contributed by atoms with Gasteiger partial charge in [0.15, 0.2) is 11.9 Å². The molecule has 3 atom stereocenters. The van der Waals surface area contributed by atoms with Gasteiger partial charge in [-0.1, -0.05) is 98.7 Å². The van der Waals surface area contributed by atoms with Crippen molar-refractivity contribution < 1.29 is 14.4 Å². The Balaban J connectivity index is 2.09. The zero-order chi connectivity index (χ0) is 42.7. The summed E-state index contributed by atoms with van der Waals surface area (Å²) in [6, 6.07) is 11.3. The number of nitrogens with zero attached hydrogens (tertiary/aromatic N) is 2. The third-order valence-corrected chi connectivity index (χ3v) is 9.92. The Kier molecular flexibility index (Phi) is 16.1. The third kappa shape index (κ3) is 14.1. The Labute approximate surface area is 339 Å². The largest absolute Gasteiger partial charge is 0.370 e. The molecule has 14 N–H and O–H groups in total. The smallest absolute Gasteiger partial charge is 0.243 e. The van der Waals surface area contributed by atoms with Gasteiger partial charge in [0.25, 0.3) is 0 Å². The van der Waals surface area contributed by atoms with Gasteiger partial charge in [-0.25, -0.2) is 0 Å². The molecule has 0 bridgehead atoms. The van der Waals surface area contributed by atoms with Gasteiger partial charge in [0, 0.05) is 48.1 Å². The molecule has 0 fully saturated rings. The zero-order valence-electron chi connectivity index (χ0n) is 35.6. The standard InChI is InChI=1S/C43H69N11O3/c1-41(2,3)27-23-28-29(35(43(7,8)9)54-34(28)30(24-27)42(4,5)6)25-33(53-36(55)31(44)17-13-20-50-39(45)46)38(57)52-32(18-14-21-51-40(47)48)37(56)49-22-19-26-15-11-10-12-16-26/h10-12,15-16,23-24,31-33,54H,13-14,17-22,25,44H2,1-9H3,(H,49,56)(H,52,57)(H,53,55)(H4,45,46,50)(H4,47,48,51). The zero-order valence-corrected chi connectivity index (χ0v) is 35.6. The van der Waals surface area contributed by atoms with Crippen LogP contribution < -0.4 is 44.6 Å². The van der Waals surface area contributed by atoms with E-state index in [4.69, 9.17) is 28.7 Å². The maximum Gasteiger partial charge on any atom is 0.243 e. The predicted molar refractivity (Wildman–Crippen MR) is 233 cm³/mol. The molecule has 14 nitrogen and oxygen atoms in total. The van der Waals surface area contributed by atoms with Crippen molar-refractivity contribution in [3.63, 3.8) is 0 Å². The molecule has 14 heteroatoms. The Morgan fingerprint density at radius 3 is 1.84 bits per heavy atom. The van der Waals surface area contributed by atoms with Crippen LogP contribution in [0.5, 0.6) is 0 Å². The van der Waals surface area contributed by atoms with E-state index in [1.807, 2.05) is 30.3 Å². The molecule has 0 radical (unpaired) electrons. The molecule has 0 aliphatic carbocycles. The van der Waals surface area contributed by atoms with E-state index in [9.17, 15) is 14.4 Å². The number of carbonyl (C=O) groups is 3. The third-order valence-electron chi connectivity index (χ3n) is 9.92. The Morgan fingerprint density at radius 1 is 0.719 bits per heavy atom. The summed E-state index contributed by atoms with van der Waals surface area (Å²) in [4.78, 5) is 53.9. The number of benzene rings is 2.